The highest BCUT2D eigenvalue weighted by Gasteiger charge is 2.29. The molecular weight excluding hydrogens is 392 g/mol. The number of hydrogen-bond donors (Lipinski definition) is 2. The first-order chi connectivity index (χ1) is 14.1. The Morgan fingerprint density at radius 2 is 1.97 bits per heavy atom. The number of aromatic nitrogens is 3. The number of carbonyl (C=O) groups is 1. The lowest BCUT2D eigenvalue weighted by atomic mass is 10.0. The number of amides is 1. The molecule has 2 aromatic rings. The molecule has 0 aromatic carbocycles. The predicted octanol–water partition coefficient (Wildman–Crippen LogP) is 3.63. The molecule has 1 aliphatic carbocycles. The molecule has 164 valence electrons. The van der Waals surface area contributed by atoms with Crippen molar-refractivity contribution in [2.45, 2.75) is 64.5 Å². The number of alkyl halides is 2. The maximum Gasteiger partial charge on any atom is 0.272 e. The Bertz CT molecular complexity index is 824. The summed E-state index contributed by atoms with van der Waals surface area (Å²) in [4.78, 5) is 21.9. The minimum Gasteiger partial charge on any atom is -0.471 e. The van der Waals surface area contributed by atoms with Gasteiger partial charge in [0, 0.05) is 35.7 Å². The molecule has 0 aliphatic heterocycles. The van der Waals surface area contributed by atoms with Crippen molar-refractivity contribution in [3.05, 3.63) is 47.7 Å². The van der Waals surface area contributed by atoms with E-state index in [0.717, 1.165) is 24.0 Å². The van der Waals surface area contributed by atoms with Crippen molar-refractivity contribution in [3.63, 3.8) is 0 Å². The summed E-state index contributed by atoms with van der Waals surface area (Å²) in [6.07, 6.45) is 5.62. The number of nitrogens with two attached hydrogens (primary N) is 1. The number of nitrogens with one attached hydrogen (secondary N) is 1. The third-order valence-corrected chi connectivity index (χ3v) is 4.23. The van der Waals surface area contributed by atoms with E-state index in [0.29, 0.717) is 11.8 Å². The summed E-state index contributed by atoms with van der Waals surface area (Å²) < 4.78 is 29.8. The number of carbonyl (C=O) groups excluding carboxylic acids is 1. The normalized spacial score (nSPS) is 14.6. The van der Waals surface area contributed by atoms with Gasteiger partial charge in [-0.05, 0) is 58.1 Å². The third-order valence-electron chi connectivity index (χ3n) is 4.23. The van der Waals surface area contributed by atoms with Crippen LogP contribution in [0.2, 0.25) is 0 Å². The van der Waals surface area contributed by atoms with Gasteiger partial charge in [0.25, 0.3) is 12.3 Å². The van der Waals surface area contributed by atoms with Crippen LogP contribution in [0.5, 0.6) is 5.88 Å². The van der Waals surface area contributed by atoms with Crippen molar-refractivity contribution >= 4 is 5.91 Å². The van der Waals surface area contributed by atoms with Crippen molar-refractivity contribution in [2.24, 2.45) is 5.73 Å². The Balaban J connectivity index is 0.000000297. The van der Waals surface area contributed by atoms with Crippen LogP contribution in [-0.2, 0) is 0 Å². The van der Waals surface area contributed by atoms with Crippen LogP contribution < -0.4 is 15.8 Å². The SMILES string of the molecule is CC(NC(C)(C)C)c1cnc(OCC(F)F)c(C2CC2)c1.NC(=O)c1cnccn1. The number of pyridine rings is 1. The molecule has 1 aliphatic rings. The second kappa shape index (κ2) is 10.4. The Morgan fingerprint density at radius 3 is 2.43 bits per heavy atom. The molecule has 30 heavy (non-hydrogen) atoms. The van der Waals surface area contributed by atoms with E-state index in [1.165, 1.54) is 18.6 Å². The molecule has 0 bridgehead atoms. The molecule has 1 saturated carbocycles. The summed E-state index contributed by atoms with van der Waals surface area (Å²) in [6, 6.07) is 2.20. The van der Waals surface area contributed by atoms with E-state index in [4.69, 9.17) is 10.5 Å². The second-order valence-electron chi connectivity index (χ2n) is 8.21. The topological polar surface area (TPSA) is 103 Å². The van der Waals surface area contributed by atoms with Gasteiger partial charge < -0.3 is 15.8 Å². The van der Waals surface area contributed by atoms with Gasteiger partial charge in [-0.1, -0.05) is 0 Å². The number of rotatable bonds is 7. The van der Waals surface area contributed by atoms with Crippen LogP contribution in [0.3, 0.4) is 0 Å². The van der Waals surface area contributed by atoms with Crippen molar-refractivity contribution in [1.82, 2.24) is 20.3 Å². The minimum atomic E-state index is -2.47. The van der Waals surface area contributed by atoms with Gasteiger partial charge in [0.05, 0.1) is 6.20 Å². The fourth-order valence-corrected chi connectivity index (χ4v) is 2.83. The van der Waals surface area contributed by atoms with E-state index in [9.17, 15) is 13.6 Å². The fraction of sp³-hybridized carbons (Fsp3) is 0.524. The lowest BCUT2D eigenvalue weighted by molar-refractivity contribution is 0.0790. The summed E-state index contributed by atoms with van der Waals surface area (Å²) in [5.74, 6) is 0.222. The molecule has 0 radical (unpaired) electrons. The molecule has 1 amide bonds. The highest BCUT2D eigenvalue weighted by Crippen LogP contribution is 2.44. The molecule has 9 heteroatoms. The number of nitrogens with zero attached hydrogens (tertiary/aromatic N) is 3. The molecule has 0 saturated heterocycles. The van der Waals surface area contributed by atoms with Crippen LogP contribution in [-0.4, -0.2) is 39.4 Å². The largest absolute Gasteiger partial charge is 0.471 e. The molecule has 1 atom stereocenters. The first-order valence-electron chi connectivity index (χ1n) is 9.81. The van der Waals surface area contributed by atoms with Crippen molar-refractivity contribution in [2.75, 3.05) is 6.61 Å². The molecule has 3 rings (SSSR count). The third kappa shape index (κ3) is 7.98. The number of primary amides is 1. The Kier molecular flexibility index (Phi) is 8.16. The lowest BCUT2D eigenvalue weighted by Crippen LogP contribution is -2.37. The molecule has 1 fully saturated rings. The summed E-state index contributed by atoms with van der Waals surface area (Å²) in [6.45, 7) is 7.82. The van der Waals surface area contributed by atoms with E-state index < -0.39 is 18.9 Å². The van der Waals surface area contributed by atoms with Crippen LogP contribution in [0, 0.1) is 0 Å². The van der Waals surface area contributed by atoms with Gasteiger partial charge in [-0.15, -0.1) is 0 Å². The molecule has 1 unspecified atom stereocenters. The smallest absolute Gasteiger partial charge is 0.272 e. The molecule has 2 heterocycles. The van der Waals surface area contributed by atoms with Crippen LogP contribution in [0.1, 0.15) is 74.1 Å². The lowest BCUT2D eigenvalue weighted by Gasteiger charge is -2.26. The van der Waals surface area contributed by atoms with Gasteiger partial charge in [-0.25, -0.2) is 18.7 Å². The average molecular weight is 421 g/mol. The highest BCUT2D eigenvalue weighted by atomic mass is 19.3. The average Bonchev–Trinajstić information content (AvgIpc) is 3.51. The van der Waals surface area contributed by atoms with E-state index in [-0.39, 0.29) is 17.3 Å². The first kappa shape index (κ1) is 23.6. The molecule has 2 aromatic heterocycles. The Labute approximate surface area is 175 Å². The standard InChI is InChI=1S/C16H24F2N2O.C5H5N3O/c1-10(20-16(2,3)4)12-7-13(11-5-6-11)15(19-8-12)21-9-14(17)18;6-5(9)4-3-7-1-2-8-4/h7-8,10-11,14,20H,5-6,9H2,1-4H3;1-3H,(H2,6,9). The quantitative estimate of drug-likeness (QED) is 0.708. The van der Waals surface area contributed by atoms with Crippen LogP contribution >= 0.6 is 0 Å². The van der Waals surface area contributed by atoms with Crippen LogP contribution in [0.4, 0.5) is 8.78 Å². The van der Waals surface area contributed by atoms with Gasteiger partial charge in [0.1, 0.15) is 5.69 Å². The zero-order valence-electron chi connectivity index (χ0n) is 17.7. The van der Waals surface area contributed by atoms with Gasteiger partial charge in [-0.2, -0.15) is 0 Å². The van der Waals surface area contributed by atoms with E-state index in [1.54, 1.807) is 6.20 Å². The fourth-order valence-electron chi connectivity index (χ4n) is 2.83. The summed E-state index contributed by atoms with van der Waals surface area (Å²) in [5.41, 5.74) is 7.10. The zero-order chi connectivity index (χ0) is 22.3. The molecule has 7 nitrogen and oxygen atoms in total. The number of hydrogen-bond acceptors (Lipinski definition) is 6. The van der Waals surface area contributed by atoms with Crippen LogP contribution in [0.25, 0.3) is 0 Å². The first-order valence-corrected chi connectivity index (χ1v) is 9.81. The van der Waals surface area contributed by atoms with Gasteiger partial charge in [-0.3, -0.25) is 9.78 Å². The van der Waals surface area contributed by atoms with E-state index in [1.807, 2.05) is 0 Å². The summed E-state index contributed by atoms with van der Waals surface area (Å²) >= 11 is 0. The van der Waals surface area contributed by atoms with E-state index >= 15 is 0 Å². The van der Waals surface area contributed by atoms with Crippen molar-refractivity contribution in [1.29, 1.82) is 0 Å². The van der Waals surface area contributed by atoms with Gasteiger partial charge in [0.15, 0.2) is 6.61 Å². The van der Waals surface area contributed by atoms with Gasteiger partial charge in [0.2, 0.25) is 5.88 Å². The molecule has 0 spiro atoms. The Morgan fingerprint density at radius 1 is 1.27 bits per heavy atom. The molecule has 3 N–H and O–H groups in total. The maximum absolute atomic E-state index is 12.3. The number of halogens is 2. The highest BCUT2D eigenvalue weighted by molar-refractivity contribution is 5.90. The predicted molar refractivity (Wildman–Crippen MR) is 110 cm³/mol. The maximum atomic E-state index is 12.3. The minimum absolute atomic E-state index is 0.00398. The van der Waals surface area contributed by atoms with Crippen LogP contribution in [0.15, 0.2) is 30.9 Å². The molecular formula is C21H29F2N5O2. The summed E-state index contributed by atoms with van der Waals surface area (Å²) in [5, 5.41) is 3.49. The summed E-state index contributed by atoms with van der Waals surface area (Å²) in [7, 11) is 0. The zero-order valence-corrected chi connectivity index (χ0v) is 17.7. The van der Waals surface area contributed by atoms with Crippen molar-refractivity contribution in [3.8, 4) is 5.88 Å². The van der Waals surface area contributed by atoms with Crippen molar-refractivity contribution < 1.29 is 18.3 Å². The van der Waals surface area contributed by atoms with Gasteiger partial charge >= 0.3 is 0 Å². The van der Waals surface area contributed by atoms with E-state index in [2.05, 4.69) is 54.0 Å². The monoisotopic (exact) mass is 421 g/mol. The Hall–Kier alpha value is -2.68. The number of ether oxygens (including phenoxy) is 1. The second-order valence-corrected chi connectivity index (χ2v) is 8.21.